The number of nitrogens with two attached hydrogens (primary N) is 1. The third-order valence-corrected chi connectivity index (χ3v) is 3.86. The second-order valence-electron chi connectivity index (χ2n) is 4.91. The van der Waals surface area contributed by atoms with Crippen molar-refractivity contribution in [2.24, 2.45) is 5.14 Å². The van der Waals surface area contributed by atoms with Gasteiger partial charge in [-0.3, -0.25) is 0 Å². The maximum absolute atomic E-state index is 11.8. The van der Waals surface area contributed by atoms with Crippen molar-refractivity contribution in [1.29, 1.82) is 5.26 Å². The Labute approximate surface area is 108 Å². The summed E-state index contributed by atoms with van der Waals surface area (Å²) in [7, 11) is -3.84. The van der Waals surface area contributed by atoms with Crippen molar-refractivity contribution >= 4 is 10.0 Å². The van der Waals surface area contributed by atoms with Gasteiger partial charge in [0.2, 0.25) is 10.0 Å². The molecule has 0 saturated carbocycles. The molecule has 0 aliphatic rings. The van der Waals surface area contributed by atoms with E-state index >= 15 is 0 Å². The summed E-state index contributed by atoms with van der Waals surface area (Å²) in [4.78, 5) is 0.117. The lowest BCUT2D eigenvalue weighted by Gasteiger charge is -2.19. The Hall–Kier alpha value is -1.38. The summed E-state index contributed by atoms with van der Waals surface area (Å²) < 4.78 is 23.6. The molecule has 4 nitrogen and oxygen atoms in total. The van der Waals surface area contributed by atoms with Gasteiger partial charge in [0.25, 0.3) is 0 Å². The van der Waals surface area contributed by atoms with E-state index in [0.29, 0.717) is 16.7 Å². The van der Waals surface area contributed by atoms with E-state index in [0.717, 1.165) is 0 Å². The fraction of sp³-hybridized carbons (Fsp3) is 0.462. The van der Waals surface area contributed by atoms with Crippen LogP contribution < -0.4 is 5.14 Å². The predicted octanol–water partition coefficient (Wildman–Crippen LogP) is 2.45. The Morgan fingerprint density at radius 2 is 1.72 bits per heavy atom. The van der Waals surface area contributed by atoms with Crippen LogP contribution in [0.3, 0.4) is 0 Å². The van der Waals surface area contributed by atoms with E-state index in [9.17, 15) is 8.42 Å². The third-order valence-electron chi connectivity index (χ3n) is 2.83. The fourth-order valence-corrected chi connectivity index (χ4v) is 3.34. The first-order valence-electron chi connectivity index (χ1n) is 5.79. The number of benzene rings is 1. The van der Waals surface area contributed by atoms with Gasteiger partial charge in [-0.1, -0.05) is 33.8 Å². The largest absolute Gasteiger partial charge is 0.238 e. The van der Waals surface area contributed by atoms with Crippen LogP contribution in [0.15, 0.2) is 17.0 Å². The zero-order chi connectivity index (χ0) is 14.1. The summed E-state index contributed by atoms with van der Waals surface area (Å²) >= 11 is 0. The molecular formula is C13H18N2O2S. The first-order valence-corrected chi connectivity index (χ1v) is 7.34. The predicted molar refractivity (Wildman–Crippen MR) is 70.7 cm³/mol. The normalized spacial score (nSPS) is 11.9. The van der Waals surface area contributed by atoms with Gasteiger partial charge in [-0.15, -0.1) is 0 Å². The van der Waals surface area contributed by atoms with Gasteiger partial charge in [0.15, 0.2) is 0 Å². The van der Waals surface area contributed by atoms with Crippen molar-refractivity contribution in [2.45, 2.75) is 44.4 Å². The Morgan fingerprint density at radius 3 is 2.06 bits per heavy atom. The molecule has 1 aromatic carbocycles. The molecular weight excluding hydrogens is 248 g/mol. The van der Waals surface area contributed by atoms with E-state index in [1.54, 1.807) is 12.1 Å². The van der Waals surface area contributed by atoms with Crippen LogP contribution in [0, 0.1) is 11.3 Å². The van der Waals surface area contributed by atoms with Crippen LogP contribution in [0.5, 0.6) is 0 Å². The molecule has 0 unspecified atom stereocenters. The average Bonchev–Trinajstić information content (AvgIpc) is 2.25. The molecule has 0 spiro atoms. The molecule has 0 fully saturated rings. The highest BCUT2D eigenvalue weighted by atomic mass is 32.2. The number of nitrogens with zero attached hydrogens (tertiary/aromatic N) is 1. The molecule has 0 saturated heterocycles. The van der Waals surface area contributed by atoms with E-state index in [1.165, 1.54) is 0 Å². The molecule has 1 aromatic rings. The molecule has 2 N–H and O–H groups in total. The minimum atomic E-state index is -3.84. The fourth-order valence-electron chi connectivity index (χ4n) is 2.06. The van der Waals surface area contributed by atoms with Crippen molar-refractivity contribution < 1.29 is 8.42 Å². The molecule has 18 heavy (non-hydrogen) atoms. The molecule has 1 rings (SSSR count). The maximum atomic E-state index is 11.8. The van der Waals surface area contributed by atoms with Crippen LogP contribution in [-0.2, 0) is 10.0 Å². The molecule has 0 heterocycles. The molecule has 0 amide bonds. The van der Waals surface area contributed by atoms with Crippen molar-refractivity contribution in [3.8, 4) is 6.07 Å². The monoisotopic (exact) mass is 266 g/mol. The Kier molecular flexibility index (Phi) is 4.15. The number of hydrogen-bond donors (Lipinski definition) is 1. The molecule has 5 heteroatoms. The second-order valence-corrected chi connectivity index (χ2v) is 6.41. The van der Waals surface area contributed by atoms with Gasteiger partial charge in [-0.2, -0.15) is 5.26 Å². The molecule has 0 radical (unpaired) electrons. The topological polar surface area (TPSA) is 83.9 Å². The molecule has 0 aromatic heterocycles. The van der Waals surface area contributed by atoms with E-state index < -0.39 is 10.0 Å². The number of primary sulfonamides is 1. The lowest BCUT2D eigenvalue weighted by Crippen LogP contribution is -2.19. The number of rotatable bonds is 3. The van der Waals surface area contributed by atoms with Crippen LogP contribution in [0.2, 0.25) is 0 Å². The minimum Gasteiger partial charge on any atom is -0.225 e. The van der Waals surface area contributed by atoms with Crippen molar-refractivity contribution in [3.05, 3.63) is 28.8 Å². The first-order chi connectivity index (χ1) is 8.20. The Morgan fingerprint density at radius 1 is 1.17 bits per heavy atom. The molecule has 98 valence electrons. The van der Waals surface area contributed by atoms with Crippen LogP contribution in [-0.4, -0.2) is 8.42 Å². The number of nitriles is 1. The summed E-state index contributed by atoms with van der Waals surface area (Å²) in [5.74, 6) is -0.0461. The summed E-state index contributed by atoms with van der Waals surface area (Å²) in [5, 5.41) is 14.4. The first kappa shape index (κ1) is 14.7. The zero-order valence-corrected chi connectivity index (χ0v) is 11.9. The van der Waals surface area contributed by atoms with Gasteiger partial charge < -0.3 is 0 Å². The molecule has 0 aliphatic heterocycles. The molecule has 0 atom stereocenters. The second kappa shape index (κ2) is 5.09. The summed E-state index contributed by atoms with van der Waals surface area (Å²) in [6, 6.07) is 5.38. The van der Waals surface area contributed by atoms with Crippen molar-refractivity contribution in [2.75, 3.05) is 0 Å². The van der Waals surface area contributed by atoms with Gasteiger partial charge in [-0.25, -0.2) is 13.6 Å². The highest BCUT2D eigenvalue weighted by Crippen LogP contribution is 2.33. The summed E-state index contributed by atoms with van der Waals surface area (Å²) in [5.41, 5.74) is 1.56. The highest BCUT2D eigenvalue weighted by Gasteiger charge is 2.24. The number of hydrogen-bond acceptors (Lipinski definition) is 3. The maximum Gasteiger partial charge on any atom is 0.238 e. The molecule has 0 aliphatic carbocycles. The minimum absolute atomic E-state index is 0.0311. The Balaban J connectivity index is 3.85. The van der Waals surface area contributed by atoms with Gasteiger partial charge in [0.1, 0.15) is 0 Å². The lowest BCUT2D eigenvalue weighted by atomic mass is 9.92. The van der Waals surface area contributed by atoms with Crippen LogP contribution in [0.4, 0.5) is 0 Å². The van der Waals surface area contributed by atoms with Gasteiger partial charge in [-0.05, 0) is 29.0 Å². The number of sulfonamides is 1. The van der Waals surface area contributed by atoms with Crippen LogP contribution in [0.25, 0.3) is 0 Å². The van der Waals surface area contributed by atoms with E-state index in [2.05, 4.69) is 0 Å². The standard InChI is InChI=1S/C13H18N2O2S/c1-8(2)11-6-5-10(7-14)12(9(3)4)13(11)18(15,16)17/h5-6,8-9H,1-4H3,(H2,15,16,17). The van der Waals surface area contributed by atoms with Crippen LogP contribution >= 0.6 is 0 Å². The summed E-state index contributed by atoms with van der Waals surface area (Å²) in [6.07, 6.45) is 0. The third kappa shape index (κ3) is 2.71. The zero-order valence-electron chi connectivity index (χ0n) is 11.1. The van der Waals surface area contributed by atoms with Crippen molar-refractivity contribution in [3.63, 3.8) is 0 Å². The van der Waals surface area contributed by atoms with Crippen molar-refractivity contribution in [1.82, 2.24) is 0 Å². The van der Waals surface area contributed by atoms with E-state index in [-0.39, 0.29) is 16.7 Å². The lowest BCUT2D eigenvalue weighted by molar-refractivity contribution is 0.592. The highest BCUT2D eigenvalue weighted by molar-refractivity contribution is 7.89. The quantitative estimate of drug-likeness (QED) is 0.912. The smallest absolute Gasteiger partial charge is 0.225 e. The SMILES string of the molecule is CC(C)c1ccc(C#N)c(C(C)C)c1S(N)(=O)=O. The van der Waals surface area contributed by atoms with Gasteiger partial charge >= 0.3 is 0 Å². The van der Waals surface area contributed by atoms with E-state index in [4.69, 9.17) is 10.4 Å². The van der Waals surface area contributed by atoms with E-state index in [1.807, 2.05) is 33.8 Å². The van der Waals surface area contributed by atoms with Gasteiger partial charge in [0.05, 0.1) is 16.5 Å². The average molecular weight is 266 g/mol. The molecule has 0 bridgehead atoms. The van der Waals surface area contributed by atoms with Crippen LogP contribution in [0.1, 0.15) is 56.2 Å². The van der Waals surface area contributed by atoms with Gasteiger partial charge in [0, 0.05) is 0 Å². The Bertz CT molecular complexity index is 596. The summed E-state index contributed by atoms with van der Waals surface area (Å²) in [6.45, 7) is 7.52.